The molecule has 3 atom stereocenters. The third-order valence-electron chi connectivity index (χ3n) is 7.94. The number of carbonyl (C=O) groups is 3. The van der Waals surface area contributed by atoms with Gasteiger partial charge >= 0.3 is 4.87 Å². The zero-order valence-electron chi connectivity index (χ0n) is 23.2. The van der Waals surface area contributed by atoms with Gasteiger partial charge in [-0.15, -0.1) is 0 Å². The highest BCUT2D eigenvalue weighted by molar-refractivity contribution is 9.10. The molecule has 0 spiro atoms. The maximum atomic E-state index is 14.0. The Morgan fingerprint density at radius 3 is 2.36 bits per heavy atom. The topological polar surface area (TPSA) is 97.7 Å². The smallest absolute Gasteiger partial charge is 0.308 e. The number of nitrogens with one attached hydrogen (secondary N) is 1. The Labute approximate surface area is 268 Å². The highest BCUT2D eigenvalue weighted by atomic mass is 79.9. The van der Waals surface area contributed by atoms with Crippen LogP contribution in [0.1, 0.15) is 16.4 Å². The number of methoxy groups -OCH3 is 1. The molecule has 2 unspecified atom stereocenters. The normalized spacial score (nSPS) is 19.1. The Morgan fingerprint density at radius 2 is 1.64 bits per heavy atom. The molecule has 1 aromatic heterocycles. The van der Waals surface area contributed by atoms with Crippen LogP contribution in [0.3, 0.4) is 0 Å². The fourth-order valence-electron chi connectivity index (χ4n) is 5.88. The Balaban J connectivity index is 1.26. The van der Waals surface area contributed by atoms with Crippen molar-refractivity contribution in [2.24, 2.45) is 5.92 Å². The van der Waals surface area contributed by atoms with Crippen LogP contribution in [0.4, 0.5) is 11.4 Å². The Bertz CT molecular complexity index is 2010. The highest BCUT2D eigenvalue weighted by Gasteiger charge is 2.56. The SMILES string of the molecule is COc1ccc([C@H]2c3sc(=O)n(CC(=O)Nc4ccc5ccccc5c4)c3SC3C(=O)N(c4ccc(Br)cc4)C(=O)C32)cc1. The van der Waals surface area contributed by atoms with Crippen LogP contribution >= 0.6 is 39.0 Å². The van der Waals surface area contributed by atoms with Crippen molar-refractivity contribution in [3.63, 3.8) is 0 Å². The number of ether oxygens (including phenoxy) is 1. The number of anilines is 2. The molecule has 1 N–H and O–H groups in total. The van der Waals surface area contributed by atoms with Crippen LogP contribution in [-0.2, 0) is 20.9 Å². The first-order valence-electron chi connectivity index (χ1n) is 13.8. The molecule has 1 fully saturated rings. The number of nitrogens with zero attached hydrogens (tertiary/aromatic N) is 2. The minimum absolute atomic E-state index is 0.226. The lowest BCUT2D eigenvalue weighted by Gasteiger charge is -2.30. The number of fused-ring (bicyclic) bond motifs is 3. The Morgan fingerprint density at radius 1 is 0.909 bits per heavy atom. The van der Waals surface area contributed by atoms with E-state index in [-0.39, 0.29) is 29.1 Å². The summed E-state index contributed by atoms with van der Waals surface area (Å²) in [5, 5.41) is 4.71. The summed E-state index contributed by atoms with van der Waals surface area (Å²) in [5.41, 5.74) is 1.90. The third kappa shape index (κ3) is 4.94. The number of halogens is 1. The monoisotopic (exact) mass is 685 g/mol. The molecule has 0 saturated carbocycles. The molecule has 7 rings (SSSR count). The number of hydrogen-bond donors (Lipinski definition) is 1. The van der Waals surface area contributed by atoms with Gasteiger partial charge in [0, 0.05) is 21.0 Å². The average molecular weight is 687 g/mol. The van der Waals surface area contributed by atoms with E-state index in [1.165, 1.54) is 21.2 Å². The van der Waals surface area contributed by atoms with Gasteiger partial charge in [-0.25, -0.2) is 4.90 Å². The van der Waals surface area contributed by atoms with Gasteiger partial charge in [0.1, 0.15) is 17.5 Å². The fourth-order valence-corrected chi connectivity index (χ4v) is 8.92. The molecule has 3 amide bonds. The molecular formula is C33H24BrN3O5S2. The summed E-state index contributed by atoms with van der Waals surface area (Å²) in [6.07, 6.45) is 0. The minimum atomic E-state index is -0.769. The summed E-state index contributed by atoms with van der Waals surface area (Å²) < 4.78 is 7.60. The maximum Gasteiger partial charge on any atom is 0.308 e. The van der Waals surface area contributed by atoms with Gasteiger partial charge in [0.25, 0.3) is 0 Å². The van der Waals surface area contributed by atoms with E-state index in [2.05, 4.69) is 21.2 Å². The lowest BCUT2D eigenvalue weighted by molar-refractivity contribution is -0.122. The summed E-state index contributed by atoms with van der Waals surface area (Å²) in [7, 11) is 1.57. The number of hydrogen-bond acceptors (Lipinski definition) is 7. The van der Waals surface area contributed by atoms with Gasteiger partial charge in [0.2, 0.25) is 17.7 Å². The number of imide groups is 1. The summed E-state index contributed by atoms with van der Waals surface area (Å²) in [4.78, 5) is 56.2. The number of amides is 3. The van der Waals surface area contributed by atoms with Crippen LogP contribution in [0, 0.1) is 5.92 Å². The molecule has 5 aromatic rings. The summed E-state index contributed by atoms with van der Waals surface area (Å²) in [6.45, 7) is -0.226. The molecule has 0 bridgehead atoms. The van der Waals surface area contributed by atoms with Crippen molar-refractivity contribution in [3.05, 3.63) is 116 Å². The van der Waals surface area contributed by atoms with Gasteiger partial charge in [0.15, 0.2) is 0 Å². The predicted molar refractivity (Wildman–Crippen MR) is 176 cm³/mol. The second-order valence-corrected chi connectivity index (χ2v) is 13.6. The number of benzene rings is 4. The molecule has 44 heavy (non-hydrogen) atoms. The second kappa shape index (κ2) is 11.4. The summed E-state index contributed by atoms with van der Waals surface area (Å²) >= 11 is 5.62. The van der Waals surface area contributed by atoms with Crippen molar-refractivity contribution >= 4 is 78.9 Å². The lowest BCUT2D eigenvalue weighted by atomic mass is 9.83. The molecule has 0 aliphatic carbocycles. The fraction of sp³-hybridized carbons (Fsp3) is 0.152. The van der Waals surface area contributed by atoms with E-state index in [1.54, 1.807) is 43.5 Å². The van der Waals surface area contributed by atoms with Crippen molar-refractivity contribution in [3.8, 4) is 5.75 Å². The van der Waals surface area contributed by atoms with Crippen molar-refractivity contribution in [1.82, 2.24) is 4.57 Å². The average Bonchev–Trinajstić information content (AvgIpc) is 3.47. The summed E-state index contributed by atoms with van der Waals surface area (Å²) in [6, 6.07) is 27.8. The highest BCUT2D eigenvalue weighted by Crippen LogP contribution is 2.54. The molecule has 11 heteroatoms. The first kappa shape index (κ1) is 28.6. The van der Waals surface area contributed by atoms with Crippen molar-refractivity contribution in [2.45, 2.75) is 22.7 Å². The lowest BCUT2D eigenvalue weighted by Crippen LogP contribution is -2.33. The van der Waals surface area contributed by atoms with E-state index < -0.39 is 17.1 Å². The molecule has 220 valence electrons. The standard InChI is InChI=1S/C33H24BrN3O5S2/c1-42-24-14-7-19(8-15-24)26-27-28(31(40)37(30(27)39)23-12-9-21(34)10-13-23)43-32-29(26)44-33(41)36(32)17-25(38)35-22-11-6-18-4-2-3-5-20(18)16-22/h2-16,26-28H,17H2,1H3,(H,35,38)/t26-,27?,28?/m1/s1. The van der Waals surface area contributed by atoms with E-state index in [1.807, 2.05) is 54.6 Å². The maximum absolute atomic E-state index is 14.0. The molecule has 2 aliphatic heterocycles. The van der Waals surface area contributed by atoms with Gasteiger partial charge in [-0.2, -0.15) is 0 Å². The molecular weight excluding hydrogens is 662 g/mol. The number of aromatic nitrogens is 1. The zero-order chi connectivity index (χ0) is 30.5. The van der Waals surface area contributed by atoms with Gasteiger partial charge in [-0.05, 0) is 64.9 Å². The number of thioether (sulfide) groups is 1. The molecule has 1 saturated heterocycles. The third-order valence-corrected chi connectivity index (χ3v) is 11.1. The molecule has 2 aliphatic rings. The molecule has 3 heterocycles. The largest absolute Gasteiger partial charge is 0.497 e. The summed E-state index contributed by atoms with van der Waals surface area (Å²) in [5.74, 6) is -1.66. The second-order valence-electron chi connectivity index (χ2n) is 10.5. The molecule has 4 aromatic carbocycles. The minimum Gasteiger partial charge on any atom is -0.497 e. The van der Waals surface area contributed by atoms with Crippen LogP contribution in [0.2, 0.25) is 0 Å². The first-order chi connectivity index (χ1) is 21.3. The van der Waals surface area contributed by atoms with E-state index in [9.17, 15) is 19.2 Å². The molecule has 8 nitrogen and oxygen atoms in total. The van der Waals surface area contributed by atoms with Crippen molar-refractivity contribution in [1.29, 1.82) is 0 Å². The van der Waals surface area contributed by atoms with E-state index in [4.69, 9.17) is 4.74 Å². The van der Waals surface area contributed by atoms with Crippen LogP contribution < -0.4 is 19.8 Å². The number of rotatable bonds is 6. The Hall–Kier alpha value is -4.19. The van der Waals surface area contributed by atoms with Crippen molar-refractivity contribution in [2.75, 3.05) is 17.3 Å². The van der Waals surface area contributed by atoms with E-state index >= 15 is 0 Å². The zero-order valence-corrected chi connectivity index (χ0v) is 26.4. The van der Waals surface area contributed by atoms with E-state index in [0.717, 1.165) is 32.1 Å². The predicted octanol–water partition coefficient (Wildman–Crippen LogP) is 6.27. The van der Waals surface area contributed by atoms with E-state index in [0.29, 0.717) is 27.0 Å². The van der Waals surface area contributed by atoms with Crippen LogP contribution in [0.15, 0.2) is 105 Å². The molecule has 0 radical (unpaired) electrons. The van der Waals surface area contributed by atoms with Crippen molar-refractivity contribution < 1.29 is 19.1 Å². The van der Waals surface area contributed by atoms with Crippen LogP contribution in [0.25, 0.3) is 10.8 Å². The quantitative estimate of drug-likeness (QED) is 0.212. The Kier molecular flexibility index (Phi) is 7.39. The number of thiazole rings is 1. The van der Waals surface area contributed by atoms with Gasteiger partial charge < -0.3 is 10.1 Å². The first-order valence-corrected chi connectivity index (χ1v) is 16.3. The number of carbonyl (C=O) groups excluding carboxylic acids is 3. The van der Waals surface area contributed by atoms with Crippen LogP contribution in [-0.4, -0.2) is 34.6 Å². The van der Waals surface area contributed by atoms with Gasteiger partial charge in [0.05, 0.1) is 23.7 Å². The van der Waals surface area contributed by atoms with Crippen LogP contribution in [0.5, 0.6) is 5.75 Å². The van der Waals surface area contributed by atoms with Gasteiger partial charge in [-0.1, -0.05) is 81.5 Å². The van der Waals surface area contributed by atoms with Gasteiger partial charge in [-0.3, -0.25) is 23.7 Å².